The average molecular weight is 411 g/mol. The fraction of sp³-hybridized carbons (Fsp3) is 0.208. The quantitative estimate of drug-likeness (QED) is 0.575. The van der Waals surface area contributed by atoms with Gasteiger partial charge in [-0.2, -0.15) is 0 Å². The van der Waals surface area contributed by atoms with E-state index in [0.717, 1.165) is 11.1 Å². The number of carbonyl (C=O) groups is 1. The monoisotopic (exact) mass is 411 g/mol. The second-order valence-electron chi connectivity index (χ2n) is 7.03. The van der Waals surface area contributed by atoms with E-state index in [2.05, 4.69) is 0 Å². The van der Waals surface area contributed by atoms with Crippen LogP contribution < -0.4 is 4.90 Å². The summed E-state index contributed by atoms with van der Waals surface area (Å²) < 4.78 is 25.3. The summed E-state index contributed by atoms with van der Waals surface area (Å²) in [5, 5.41) is 18.6. The van der Waals surface area contributed by atoms with Crippen molar-refractivity contribution in [2.45, 2.75) is 31.9 Å². The van der Waals surface area contributed by atoms with E-state index in [0.29, 0.717) is 18.5 Å². The summed E-state index contributed by atoms with van der Waals surface area (Å²) >= 11 is 0. The Morgan fingerprint density at radius 1 is 0.933 bits per heavy atom. The highest BCUT2D eigenvalue weighted by molar-refractivity contribution is 6.01. The van der Waals surface area contributed by atoms with Crippen LogP contribution in [0.25, 0.3) is 0 Å². The Morgan fingerprint density at radius 3 is 1.97 bits per heavy atom. The van der Waals surface area contributed by atoms with Gasteiger partial charge in [-0.1, -0.05) is 31.2 Å². The summed E-state index contributed by atoms with van der Waals surface area (Å²) in [6.07, 6.45) is 0.629. The van der Waals surface area contributed by atoms with E-state index in [1.807, 2.05) is 6.92 Å². The van der Waals surface area contributed by atoms with Gasteiger partial charge in [-0.25, -0.2) is 8.78 Å². The lowest BCUT2D eigenvalue weighted by atomic mass is 9.93. The lowest BCUT2D eigenvalue weighted by Gasteiger charge is -2.40. The second kappa shape index (κ2) is 9.50. The van der Waals surface area contributed by atoms with E-state index in [1.165, 1.54) is 24.3 Å². The van der Waals surface area contributed by atoms with Gasteiger partial charge in [0.1, 0.15) is 17.4 Å². The highest BCUT2D eigenvalue weighted by Gasteiger charge is 2.38. The van der Waals surface area contributed by atoms with Crippen LogP contribution in [0, 0.1) is 11.6 Å². The number of rotatable bonds is 4. The first-order valence-corrected chi connectivity index (χ1v) is 9.69. The maximum Gasteiger partial charge on any atom is 0.230 e. The molecule has 0 radical (unpaired) electrons. The van der Waals surface area contributed by atoms with Crippen molar-refractivity contribution in [2.24, 2.45) is 0 Å². The molecule has 156 valence electrons. The number of halogens is 2. The fourth-order valence-corrected chi connectivity index (χ4v) is 3.23. The van der Waals surface area contributed by atoms with Gasteiger partial charge >= 0.3 is 0 Å². The van der Waals surface area contributed by atoms with Gasteiger partial charge in [-0.15, -0.1) is 0 Å². The third-order valence-corrected chi connectivity index (χ3v) is 4.97. The van der Waals surface area contributed by atoms with Crippen LogP contribution in [0.5, 0.6) is 5.75 Å². The molecule has 1 aliphatic heterocycles. The minimum Gasteiger partial charge on any atom is -0.508 e. The summed E-state index contributed by atoms with van der Waals surface area (Å²) in [6.45, 7) is 1.88. The van der Waals surface area contributed by atoms with E-state index in [-0.39, 0.29) is 29.3 Å². The van der Waals surface area contributed by atoms with Gasteiger partial charge in [0.2, 0.25) is 5.91 Å². The molecule has 2 unspecified atom stereocenters. The van der Waals surface area contributed by atoms with Crippen molar-refractivity contribution in [2.75, 3.05) is 4.90 Å². The van der Waals surface area contributed by atoms with Gasteiger partial charge in [-0.05, 0) is 66.1 Å². The van der Waals surface area contributed by atoms with Crippen LogP contribution in [-0.2, 0) is 4.79 Å². The standard InChI is InChI=1S/C15H12FNO2.C9H11FO/c16-11-3-5-12(6-4-11)17-14(9-15(17)19)10-1-7-13(18)8-2-10;1-2-9(11)7-3-5-8(10)6-4-7/h1-8,14,18H,9H2;3-6,9,11H,2H2,1H3. The molecule has 0 aromatic heterocycles. The molecule has 1 heterocycles. The normalized spacial score (nSPS) is 16.3. The predicted molar refractivity (Wildman–Crippen MR) is 111 cm³/mol. The molecule has 6 heteroatoms. The summed E-state index contributed by atoms with van der Waals surface area (Å²) in [5.74, 6) is -0.373. The Morgan fingerprint density at radius 2 is 1.47 bits per heavy atom. The molecule has 3 aromatic rings. The maximum absolute atomic E-state index is 12.9. The van der Waals surface area contributed by atoms with Crippen molar-refractivity contribution in [1.29, 1.82) is 0 Å². The number of anilines is 1. The molecule has 1 amide bonds. The molecule has 1 aliphatic rings. The van der Waals surface area contributed by atoms with E-state index in [4.69, 9.17) is 0 Å². The Hall–Kier alpha value is -3.25. The number of hydrogen-bond donors (Lipinski definition) is 2. The number of aromatic hydroxyl groups is 1. The minimum atomic E-state index is -0.462. The first-order chi connectivity index (χ1) is 14.4. The number of β-lactam (4-membered cyclic amide) rings is 1. The molecule has 4 rings (SSSR count). The lowest BCUT2D eigenvalue weighted by Crippen LogP contribution is -2.46. The highest BCUT2D eigenvalue weighted by atomic mass is 19.1. The van der Waals surface area contributed by atoms with Crippen LogP contribution in [0.3, 0.4) is 0 Å². The topological polar surface area (TPSA) is 60.8 Å². The number of aliphatic hydroxyl groups excluding tert-OH is 1. The van der Waals surface area contributed by atoms with Crippen LogP contribution in [0.15, 0.2) is 72.8 Å². The third-order valence-electron chi connectivity index (χ3n) is 4.97. The Kier molecular flexibility index (Phi) is 6.79. The molecule has 0 aliphatic carbocycles. The fourth-order valence-electron chi connectivity index (χ4n) is 3.23. The zero-order valence-electron chi connectivity index (χ0n) is 16.5. The summed E-state index contributed by atoms with van der Waals surface area (Å²) in [4.78, 5) is 13.4. The van der Waals surface area contributed by atoms with Crippen LogP contribution in [0.1, 0.15) is 43.0 Å². The van der Waals surface area contributed by atoms with Crippen molar-refractivity contribution in [3.8, 4) is 5.75 Å². The molecule has 0 spiro atoms. The molecule has 4 nitrogen and oxygen atoms in total. The van der Waals surface area contributed by atoms with Crippen molar-refractivity contribution >= 4 is 11.6 Å². The Bertz CT molecular complexity index is 973. The zero-order chi connectivity index (χ0) is 21.7. The molecule has 0 bridgehead atoms. The number of carbonyl (C=O) groups excluding carboxylic acids is 1. The summed E-state index contributed by atoms with van der Waals surface area (Å²) in [6, 6.07) is 18.5. The Labute approximate surface area is 174 Å². The van der Waals surface area contributed by atoms with Gasteiger partial charge in [0.25, 0.3) is 0 Å². The van der Waals surface area contributed by atoms with Crippen LogP contribution in [0.2, 0.25) is 0 Å². The van der Waals surface area contributed by atoms with Gasteiger partial charge in [0.15, 0.2) is 0 Å². The first kappa shape index (κ1) is 21.5. The number of phenolic OH excluding ortho intramolecular Hbond substituents is 1. The first-order valence-electron chi connectivity index (χ1n) is 9.69. The molecule has 1 fully saturated rings. The van der Waals surface area contributed by atoms with Crippen molar-refractivity contribution in [3.63, 3.8) is 0 Å². The minimum absolute atomic E-state index is 0.0182. The molecular formula is C24H23F2NO3. The van der Waals surface area contributed by atoms with Gasteiger partial charge in [0.05, 0.1) is 18.6 Å². The average Bonchev–Trinajstić information content (AvgIpc) is 2.75. The Balaban J connectivity index is 0.000000199. The SMILES string of the molecule is CCC(O)c1ccc(F)cc1.O=C1CC(c2ccc(O)cc2)N1c1ccc(F)cc1. The zero-order valence-corrected chi connectivity index (χ0v) is 16.5. The van der Waals surface area contributed by atoms with E-state index < -0.39 is 6.10 Å². The smallest absolute Gasteiger partial charge is 0.230 e. The maximum atomic E-state index is 12.9. The van der Waals surface area contributed by atoms with Crippen LogP contribution in [-0.4, -0.2) is 16.1 Å². The molecule has 1 saturated heterocycles. The molecular weight excluding hydrogens is 388 g/mol. The molecule has 2 atom stereocenters. The van der Waals surface area contributed by atoms with E-state index in [1.54, 1.807) is 53.4 Å². The lowest BCUT2D eigenvalue weighted by molar-refractivity contribution is -0.124. The van der Waals surface area contributed by atoms with Crippen LogP contribution >= 0.6 is 0 Å². The molecule has 2 N–H and O–H groups in total. The largest absolute Gasteiger partial charge is 0.508 e. The number of hydrogen-bond acceptors (Lipinski definition) is 3. The highest BCUT2D eigenvalue weighted by Crippen LogP contribution is 2.39. The number of amides is 1. The summed E-state index contributed by atoms with van der Waals surface area (Å²) in [5.41, 5.74) is 2.42. The second-order valence-corrected chi connectivity index (χ2v) is 7.03. The van der Waals surface area contributed by atoms with Crippen molar-refractivity contribution in [3.05, 3.63) is 95.6 Å². The number of benzene rings is 3. The van der Waals surface area contributed by atoms with Crippen molar-refractivity contribution < 1.29 is 23.8 Å². The van der Waals surface area contributed by atoms with Gasteiger partial charge in [-0.3, -0.25) is 4.79 Å². The number of nitrogens with zero attached hydrogens (tertiary/aromatic N) is 1. The van der Waals surface area contributed by atoms with E-state index >= 15 is 0 Å². The predicted octanol–water partition coefficient (Wildman–Crippen LogP) is 5.28. The van der Waals surface area contributed by atoms with Gasteiger partial charge in [0, 0.05) is 5.69 Å². The number of phenols is 1. The van der Waals surface area contributed by atoms with E-state index in [9.17, 15) is 23.8 Å². The molecule has 30 heavy (non-hydrogen) atoms. The number of aliphatic hydroxyl groups is 1. The van der Waals surface area contributed by atoms with Crippen LogP contribution in [0.4, 0.5) is 14.5 Å². The summed E-state index contributed by atoms with van der Waals surface area (Å²) in [7, 11) is 0. The van der Waals surface area contributed by atoms with Crippen molar-refractivity contribution in [1.82, 2.24) is 0 Å². The molecule has 0 saturated carbocycles. The molecule has 3 aromatic carbocycles. The van der Waals surface area contributed by atoms with Gasteiger partial charge < -0.3 is 15.1 Å². The third kappa shape index (κ3) is 5.02.